The molecular weight excluding hydrogens is 342 g/mol. The molecule has 0 saturated carbocycles. The molecule has 2 rings (SSSR count). The quantitative estimate of drug-likeness (QED) is 0.856. The van der Waals surface area contributed by atoms with Crippen LogP contribution in [-0.4, -0.2) is 29.3 Å². The summed E-state index contributed by atoms with van der Waals surface area (Å²) in [7, 11) is -3.85. The van der Waals surface area contributed by atoms with Crippen LogP contribution in [0.25, 0.3) is 0 Å². The summed E-state index contributed by atoms with van der Waals surface area (Å²) in [5.74, 6) is -1.18. The van der Waals surface area contributed by atoms with Crippen LogP contribution in [0.4, 0.5) is 5.69 Å². The number of rotatable bonds is 5. The van der Waals surface area contributed by atoms with Crippen LogP contribution in [0, 0.1) is 13.8 Å². The van der Waals surface area contributed by atoms with Crippen molar-refractivity contribution in [3.63, 3.8) is 0 Å². The number of nitrogens with one attached hydrogen (secondary N) is 1. The third-order valence-electron chi connectivity index (χ3n) is 3.34. The second-order valence-corrected chi connectivity index (χ2v) is 6.95. The number of hydrogen-bond acceptors (Lipinski definition) is 4. The fourth-order valence-corrected chi connectivity index (χ4v) is 4.06. The summed E-state index contributed by atoms with van der Waals surface area (Å²) in [5.41, 5.74) is 1.01. The van der Waals surface area contributed by atoms with Crippen molar-refractivity contribution in [2.75, 3.05) is 4.72 Å². The van der Waals surface area contributed by atoms with Gasteiger partial charge in [0, 0.05) is 6.54 Å². The minimum atomic E-state index is -3.85. The Labute approximate surface area is 138 Å². The number of carboxylic acids is 1. The number of nitrogens with zero attached hydrogens (tertiary/aromatic N) is 2. The normalized spacial score (nSPS) is 11.5. The van der Waals surface area contributed by atoms with Crippen LogP contribution in [0.2, 0.25) is 5.02 Å². The Kier molecular flexibility index (Phi) is 4.67. The lowest BCUT2D eigenvalue weighted by molar-refractivity contribution is 0.0697. The third kappa shape index (κ3) is 3.32. The van der Waals surface area contributed by atoms with Gasteiger partial charge in [-0.05, 0) is 39.0 Å². The SMILES string of the molecule is CCn1nc(C)c(S(=O)(=O)Nc2ccc(C(=O)O)c(Cl)c2)c1C. The van der Waals surface area contributed by atoms with Crippen molar-refractivity contribution in [3.8, 4) is 0 Å². The van der Waals surface area contributed by atoms with Crippen molar-refractivity contribution >= 4 is 33.3 Å². The van der Waals surface area contributed by atoms with E-state index in [2.05, 4.69) is 9.82 Å². The van der Waals surface area contributed by atoms with Crippen LogP contribution in [0.15, 0.2) is 23.1 Å². The van der Waals surface area contributed by atoms with Gasteiger partial charge in [0.25, 0.3) is 10.0 Å². The van der Waals surface area contributed by atoms with E-state index in [0.29, 0.717) is 17.9 Å². The smallest absolute Gasteiger partial charge is 0.337 e. The van der Waals surface area contributed by atoms with Gasteiger partial charge >= 0.3 is 5.97 Å². The van der Waals surface area contributed by atoms with Gasteiger partial charge in [-0.3, -0.25) is 9.40 Å². The molecule has 7 nitrogen and oxygen atoms in total. The standard InChI is InChI=1S/C14H16ClN3O4S/c1-4-18-9(3)13(8(2)16-18)23(21,22)17-10-5-6-11(14(19)20)12(15)7-10/h5-7,17H,4H2,1-3H3,(H,19,20). The molecule has 0 spiro atoms. The zero-order valence-electron chi connectivity index (χ0n) is 12.8. The van der Waals surface area contributed by atoms with Gasteiger partial charge in [0.2, 0.25) is 0 Å². The number of aryl methyl sites for hydroxylation is 2. The van der Waals surface area contributed by atoms with Crippen molar-refractivity contribution < 1.29 is 18.3 Å². The first-order valence-corrected chi connectivity index (χ1v) is 8.63. The van der Waals surface area contributed by atoms with Crippen LogP contribution >= 0.6 is 11.6 Å². The summed E-state index contributed by atoms with van der Waals surface area (Å²) < 4.78 is 29.2. The van der Waals surface area contributed by atoms with Crippen LogP contribution in [0.1, 0.15) is 28.7 Å². The molecule has 2 N–H and O–H groups in total. The summed E-state index contributed by atoms with van der Waals surface area (Å²) in [6.07, 6.45) is 0. The third-order valence-corrected chi connectivity index (χ3v) is 5.28. The molecule has 0 fully saturated rings. The fourth-order valence-electron chi connectivity index (χ4n) is 2.34. The molecule has 0 bridgehead atoms. The van der Waals surface area contributed by atoms with E-state index in [-0.39, 0.29) is 21.2 Å². The van der Waals surface area contributed by atoms with Gasteiger partial charge < -0.3 is 5.11 Å². The van der Waals surface area contributed by atoms with Gasteiger partial charge in [-0.2, -0.15) is 5.10 Å². The molecule has 0 radical (unpaired) electrons. The maximum Gasteiger partial charge on any atom is 0.337 e. The highest BCUT2D eigenvalue weighted by molar-refractivity contribution is 7.92. The highest BCUT2D eigenvalue weighted by atomic mass is 35.5. The molecule has 23 heavy (non-hydrogen) atoms. The molecule has 0 aliphatic heterocycles. The van der Waals surface area contributed by atoms with E-state index in [1.54, 1.807) is 18.5 Å². The molecule has 1 heterocycles. The van der Waals surface area contributed by atoms with E-state index in [9.17, 15) is 13.2 Å². The van der Waals surface area contributed by atoms with Crippen molar-refractivity contribution in [2.24, 2.45) is 0 Å². The average molecular weight is 358 g/mol. The fraction of sp³-hybridized carbons (Fsp3) is 0.286. The molecule has 0 amide bonds. The molecule has 0 unspecified atom stereocenters. The van der Waals surface area contributed by atoms with E-state index < -0.39 is 16.0 Å². The topological polar surface area (TPSA) is 101 Å². The second-order valence-electron chi connectivity index (χ2n) is 4.92. The maximum absolute atomic E-state index is 12.6. The summed E-state index contributed by atoms with van der Waals surface area (Å²) >= 11 is 5.86. The average Bonchev–Trinajstić information content (AvgIpc) is 2.72. The maximum atomic E-state index is 12.6. The van der Waals surface area contributed by atoms with Crippen LogP contribution in [-0.2, 0) is 16.6 Å². The van der Waals surface area contributed by atoms with Gasteiger partial charge in [-0.1, -0.05) is 11.6 Å². The lowest BCUT2D eigenvalue weighted by Gasteiger charge is -2.10. The first-order valence-electron chi connectivity index (χ1n) is 6.77. The summed E-state index contributed by atoms with van der Waals surface area (Å²) in [4.78, 5) is 11.0. The van der Waals surface area contributed by atoms with E-state index in [4.69, 9.17) is 16.7 Å². The number of aromatic carboxylic acids is 1. The van der Waals surface area contributed by atoms with Gasteiger partial charge in [0.05, 0.1) is 27.7 Å². The predicted octanol–water partition coefficient (Wildman–Crippen LogP) is 2.67. The van der Waals surface area contributed by atoms with Gasteiger partial charge in [-0.25, -0.2) is 13.2 Å². The number of carbonyl (C=O) groups is 1. The lowest BCUT2D eigenvalue weighted by atomic mass is 10.2. The van der Waals surface area contributed by atoms with E-state index >= 15 is 0 Å². The molecule has 0 saturated heterocycles. The van der Waals surface area contributed by atoms with Gasteiger partial charge in [0.15, 0.2) is 0 Å². The molecule has 1 aromatic carbocycles. The largest absolute Gasteiger partial charge is 0.478 e. The van der Waals surface area contributed by atoms with Crippen molar-refractivity contribution in [2.45, 2.75) is 32.2 Å². The molecule has 0 aliphatic carbocycles. The van der Waals surface area contributed by atoms with Gasteiger partial charge in [0.1, 0.15) is 4.90 Å². The van der Waals surface area contributed by atoms with Crippen LogP contribution < -0.4 is 4.72 Å². The Morgan fingerprint density at radius 3 is 2.52 bits per heavy atom. The Morgan fingerprint density at radius 1 is 1.39 bits per heavy atom. The zero-order chi connectivity index (χ0) is 17.4. The lowest BCUT2D eigenvalue weighted by Crippen LogP contribution is -2.15. The minimum Gasteiger partial charge on any atom is -0.478 e. The minimum absolute atomic E-state index is 0.0459. The zero-order valence-corrected chi connectivity index (χ0v) is 14.4. The Hall–Kier alpha value is -2.06. The van der Waals surface area contributed by atoms with Crippen molar-refractivity contribution in [1.82, 2.24) is 9.78 Å². The number of hydrogen-bond donors (Lipinski definition) is 2. The molecule has 1 aromatic heterocycles. The first kappa shape index (κ1) is 17.3. The number of carboxylic acid groups (broad SMARTS) is 1. The van der Waals surface area contributed by atoms with E-state index in [0.717, 1.165) is 0 Å². The van der Waals surface area contributed by atoms with Crippen molar-refractivity contribution in [1.29, 1.82) is 0 Å². The van der Waals surface area contributed by atoms with E-state index in [1.165, 1.54) is 18.2 Å². The number of benzene rings is 1. The Balaban J connectivity index is 2.41. The molecule has 0 aliphatic rings. The number of sulfonamides is 1. The molecule has 9 heteroatoms. The molecule has 2 aromatic rings. The molecule has 124 valence electrons. The van der Waals surface area contributed by atoms with E-state index in [1.807, 2.05) is 6.92 Å². The predicted molar refractivity (Wildman–Crippen MR) is 86.6 cm³/mol. The molecule has 0 atom stereocenters. The highest BCUT2D eigenvalue weighted by Gasteiger charge is 2.24. The summed E-state index contributed by atoms with van der Waals surface area (Å²) in [6, 6.07) is 3.86. The first-order chi connectivity index (χ1) is 10.7. The Morgan fingerprint density at radius 2 is 2.04 bits per heavy atom. The summed E-state index contributed by atoms with van der Waals surface area (Å²) in [5, 5.41) is 13.1. The number of halogens is 1. The van der Waals surface area contributed by atoms with Crippen LogP contribution in [0.5, 0.6) is 0 Å². The highest BCUT2D eigenvalue weighted by Crippen LogP contribution is 2.26. The summed E-state index contributed by atoms with van der Waals surface area (Å²) in [6.45, 7) is 5.72. The van der Waals surface area contributed by atoms with Gasteiger partial charge in [-0.15, -0.1) is 0 Å². The number of aromatic nitrogens is 2. The van der Waals surface area contributed by atoms with Crippen molar-refractivity contribution in [3.05, 3.63) is 40.2 Å². The van der Waals surface area contributed by atoms with Crippen LogP contribution in [0.3, 0.4) is 0 Å². The molecular formula is C14H16ClN3O4S. The Bertz CT molecular complexity index is 874. The monoisotopic (exact) mass is 357 g/mol. The second kappa shape index (κ2) is 6.21. The number of anilines is 1.